The second-order valence-corrected chi connectivity index (χ2v) is 3.58. The van der Waals surface area contributed by atoms with Gasteiger partial charge in [-0.3, -0.25) is 0 Å². The lowest BCUT2D eigenvalue weighted by Gasteiger charge is -2.02. The second-order valence-electron chi connectivity index (χ2n) is 2.72. The molecular formula is C10H11NO3S. The first kappa shape index (κ1) is 11.6. The van der Waals surface area contributed by atoms with Crippen LogP contribution in [0.4, 0.5) is 5.00 Å². The summed E-state index contributed by atoms with van der Waals surface area (Å²) < 4.78 is 4.89. The van der Waals surface area contributed by atoms with E-state index < -0.39 is 5.97 Å². The van der Waals surface area contributed by atoms with E-state index >= 15 is 0 Å². The maximum atomic E-state index is 11.6. The van der Waals surface area contributed by atoms with Gasteiger partial charge in [0, 0.05) is 0 Å². The van der Waals surface area contributed by atoms with Gasteiger partial charge in [0.15, 0.2) is 0 Å². The summed E-state index contributed by atoms with van der Waals surface area (Å²) in [5.74, 6) is -0.426. The molecule has 15 heavy (non-hydrogen) atoms. The molecule has 0 aliphatic rings. The first-order valence-corrected chi connectivity index (χ1v) is 5.47. The summed E-state index contributed by atoms with van der Waals surface area (Å²) in [5, 5.41) is 2.18. The Morgan fingerprint density at radius 3 is 2.87 bits per heavy atom. The maximum Gasteiger partial charge on any atom is 0.341 e. The molecular weight excluding hydrogens is 214 g/mol. The Bertz CT molecular complexity index is 405. The fourth-order valence-electron chi connectivity index (χ4n) is 1.19. The molecule has 80 valence electrons. The molecule has 1 aromatic heterocycles. The number of thiophene rings is 1. The summed E-state index contributed by atoms with van der Waals surface area (Å²) in [6, 6.07) is 0. The van der Waals surface area contributed by atoms with E-state index in [4.69, 9.17) is 4.74 Å². The number of hydrogen-bond acceptors (Lipinski definition) is 5. The highest BCUT2D eigenvalue weighted by Gasteiger charge is 2.18. The maximum absolute atomic E-state index is 11.6. The van der Waals surface area contributed by atoms with E-state index in [-0.39, 0.29) is 0 Å². The lowest BCUT2D eigenvalue weighted by molar-refractivity contribution is 0.0527. The van der Waals surface area contributed by atoms with Gasteiger partial charge in [-0.1, -0.05) is 6.92 Å². The molecule has 0 aliphatic carbocycles. The van der Waals surface area contributed by atoms with Crippen molar-refractivity contribution >= 4 is 28.4 Å². The van der Waals surface area contributed by atoms with Crippen LogP contribution in [0.25, 0.3) is 0 Å². The predicted octanol–water partition coefficient (Wildman–Crippen LogP) is 2.45. The molecule has 0 radical (unpaired) electrons. The molecule has 4 nitrogen and oxygen atoms in total. The quantitative estimate of drug-likeness (QED) is 0.449. The first-order chi connectivity index (χ1) is 7.24. The number of ether oxygens (including phenoxy) is 1. The lowest BCUT2D eigenvalue weighted by Crippen LogP contribution is -2.05. The van der Waals surface area contributed by atoms with Crippen LogP contribution in [0.3, 0.4) is 0 Å². The highest BCUT2D eigenvalue weighted by molar-refractivity contribution is 7.14. The Labute approximate surface area is 91.6 Å². The van der Waals surface area contributed by atoms with Crippen LogP contribution in [0.1, 0.15) is 29.8 Å². The van der Waals surface area contributed by atoms with Gasteiger partial charge >= 0.3 is 5.97 Å². The molecule has 0 aromatic carbocycles. The van der Waals surface area contributed by atoms with Crippen molar-refractivity contribution < 1.29 is 14.3 Å². The van der Waals surface area contributed by atoms with Crippen molar-refractivity contribution in [2.75, 3.05) is 6.61 Å². The van der Waals surface area contributed by atoms with Crippen molar-refractivity contribution in [3.63, 3.8) is 0 Å². The highest BCUT2D eigenvalue weighted by Crippen LogP contribution is 2.31. The molecule has 0 saturated carbocycles. The molecule has 0 saturated heterocycles. The lowest BCUT2D eigenvalue weighted by atomic mass is 10.1. The van der Waals surface area contributed by atoms with Crippen molar-refractivity contribution in [3.8, 4) is 0 Å². The predicted molar refractivity (Wildman–Crippen MR) is 57.4 cm³/mol. The van der Waals surface area contributed by atoms with Gasteiger partial charge in [0.25, 0.3) is 0 Å². The van der Waals surface area contributed by atoms with Crippen molar-refractivity contribution in [3.05, 3.63) is 16.5 Å². The number of carbonyl (C=O) groups excluding carboxylic acids is 2. The van der Waals surface area contributed by atoms with Gasteiger partial charge in [-0.25, -0.2) is 9.59 Å². The fourth-order valence-corrected chi connectivity index (χ4v) is 2.15. The van der Waals surface area contributed by atoms with Crippen LogP contribution in [0.2, 0.25) is 0 Å². The van der Waals surface area contributed by atoms with Crippen LogP contribution in [0.5, 0.6) is 0 Å². The number of carbonyl (C=O) groups is 1. The van der Waals surface area contributed by atoms with Crippen molar-refractivity contribution in [1.29, 1.82) is 0 Å². The number of nitrogens with zero attached hydrogens (tertiary/aromatic N) is 1. The number of hydrogen-bond donors (Lipinski definition) is 0. The third-order valence-electron chi connectivity index (χ3n) is 1.86. The van der Waals surface area contributed by atoms with Crippen molar-refractivity contribution in [2.45, 2.75) is 20.3 Å². The van der Waals surface area contributed by atoms with Gasteiger partial charge in [0.2, 0.25) is 6.08 Å². The molecule has 0 unspecified atom stereocenters. The Balaban J connectivity index is 3.15. The smallest absolute Gasteiger partial charge is 0.341 e. The van der Waals surface area contributed by atoms with Gasteiger partial charge in [-0.05, 0) is 24.3 Å². The average molecular weight is 225 g/mol. The molecule has 1 heterocycles. The summed E-state index contributed by atoms with van der Waals surface area (Å²) in [7, 11) is 0. The van der Waals surface area contributed by atoms with Crippen molar-refractivity contribution in [2.24, 2.45) is 4.99 Å². The molecule has 0 bridgehead atoms. The fraction of sp³-hybridized carbons (Fsp3) is 0.400. The number of aryl methyl sites for hydroxylation is 1. The third-order valence-corrected chi connectivity index (χ3v) is 2.78. The molecule has 0 aliphatic heterocycles. The number of esters is 1. The monoisotopic (exact) mass is 225 g/mol. The number of aliphatic imine (C=N–C) groups is 1. The molecule has 0 fully saturated rings. The normalized spacial score (nSPS) is 9.47. The SMILES string of the molecule is CCOC(=O)c1c(CC)csc1N=C=O. The van der Waals surface area contributed by atoms with Crippen LogP contribution in [0.15, 0.2) is 10.4 Å². The molecule has 1 rings (SSSR count). The molecule has 0 spiro atoms. The molecule has 0 amide bonds. The summed E-state index contributed by atoms with van der Waals surface area (Å²) >= 11 is 1.25. The Kier molecular flexibility index (Phi) is 4.21. The van der Waals surface area contributed by atoms with Crippen LogP contribution in [-0.2, 0) is 16.0 Å². The van der Waals surface area contributed by atoms with Gasteiger partial charge < -0.3 is 4.74 Å². The minimum absolute atomic E-state index is 0.308. The topological polar surface area (TPSA) is 55.7 Å². The zero-order chi connectivity index (χ0) is 11.3. The second kappa shape index (κ2) is 5.44. The Morgan fingerprint density at radius 2 is 2.33 bits per heavy atom. The number of rotatable bonds is 4. The minimum Gasteiger partial charge on any atom is -0.462 e. The van der Waals surface area contributed by atoms with Crippen LogP contribution in [0, 0.1) is 0 Å². The molecule has 1 aromatic rings. The third kappa shape index (κ3) is 2.52. The van der Waals surface area contributed by atoms with Gasteiger partial charge in [-0.2, -0.15) is 4.99 Å². The van der Waals surface area contributed by atoms with Gasteiger partial charge in [0.1, 0.15) is 10.6 Å². The summed E-state index contributed by atoms with van der Waals surface area (Å²) in [4.78, 5) is 25.2. The van der Waals surface area contributed by atoms with Crippen molar-refractivity contribution in [1.82, 2.24) is 0 Å². The van der Waals surface area contributed by atoms with E-state index in [1.165, 1.54) is 17.4 Å². The average Bonchev–Trinajstić information content (AvgIpc) is 2.62. The minimum atomic E-state index is -0.426. The van der Waals surface area contributed by atoms with Crippen LogP contribution >= 0.6 is 11.3 Å². The highest BCUT2D eigenvalue weighted by atomic mass is 32.1. The standard InChI is InChI=1S/C10H11NO3S/c1-3-7-5-15-9(11-6-12)8(7)10(13)14-4-2/h5H,3-4H2,1-2H3. The summed E-state index contributed by atoms with van der Waals surface area (Å²) in [5.41, 5.74) is 1.25. The summed E-state index contributed by atoms with van der Waals surface area (Å²) in [6.45, 7) is 3.97. The van der Waals surface area contributed by atoms with E-state index in [1.807, 2.05) is 12.3 Å². The number of isocyanates is 1. The van der Waals surface area contributed by atoms with E-state index in [1.54, 1.807) is 6.92 Å². The first-order valence-electron chi connectivity index (χ1n) is 4.59. The Morgan fingerprint density at radius 1 is 1.60 bits per heavy atom. The van der Waals surface area contributed by atoms with Crippen LogP contribution in [-0.4, -0.2) is 18.7 Å². The van der Waals surface area contributed by atoms with Gasteiger partial charge in [0.05, 0.1) is 6.61 Å². The zero-order valence-corrected chi connectivity index (χ0v) is 9.39. The summed E-state index contributed by atoms with van der Waals surface area (Å²) in [6.07, 6.45) is 2.14. The Hall–Kier alpha value is -1.45. The molecule has 0 N–H and O–H groups in total. The van der Waals surface area contributed by atoms with E-state index in [0.29, 0.717) is 23.6 Å². The largest absolute Gasteiger partial charge is 0.462 e. The van der Waals surface area contributed by atoms with E-state index in [2.05, 4.69) is 4.99 Å². The zero-order valence-electron chi connectivity index (χ0n) is 8.57. The van der Waals surface area contributed by atoms with Gasteiger partial charge in [-0.15, -0.1) is 11.3 Å². The molecule has 0 atom stereocenters. The molecule has 5 heteroatoms. The van der Waals surface area contributed by atoms with E-state index in [0.717, 1.165) is 5.56 Å². The van der Waals surface area contributed by atoms with E-state index in [9.17, 15) is 9.59 Å². The van der Waals surface area contributed by atoms with Crippen LogP contribution < -0.4 is 0 Å².